The number of likely N-dealkylation sites (tertiary alicyclic amines) is 1. The van der Waals surface area contributed by atoms with Crippen molar-refractivity contribution in [2.24, 2.45) is 22.5 Å². The van der Waals surface area contributed by atoms with Crippen LogP contribution in [0.25, 0.3) is 0 Å². The molecular formula is C16H34N2O. The van der Waals surface area contributed by atoms with E-state index in [0.717, 1.165) is 19.0 Å². The molecule has 1 heterocycles. The highest BCUT2D eigenvalue weighted by atomic mass is 16.3. The Morgan fingerprint density at radius 3 is 1.89 bits per heavy atom. The number of rotatable bonds is 3. The van der Waals surface area contributed by atoms with Gasteiger partial charge in [-0.1, -0.05) is 41.5 Å². The van der Waals surface area contributed by atoms with Crippen molar-refractivity contribution in [2.45, 2.75) is 66.5 Å². The van der Waals surface area contributed by atoms with Crippen molar-refractivity contribution >= 4 is 0 Å². The van der Waals surface area contributed by atoms with E-state index in [-0.39, 0.29) is 24.1 Å². The molecule has 0 aromatic heterocycles. The summed E-state index contributed by atoms with van der Waals surface area (Å²) < 4.78 is 0. The van der Waals surface area contributed by atoms with Crippen LogP contribution in [-0.2, 0) is 0 Å². The summed E-state index contributed by atoms with van der Waals surface area (Å²) in [6.45, 7) is 15.8. The third kappa shape index (κ3) is 4.44. The fourth-order valence-corrected chi connectivity index (χ4v) is 3.13. The molecule has 19 heavy (non-hydrogen) atoms. The summed E-state index contributed by atoms with van der Waals surface area (Å²) in [6.07, 6.45) is 2.44. The van der Waals surface area contributed by atoms with E-state index in [1.807, 2.05) is 0 Å². The molecule has 0 aromatic carbocycles. The fraction of sp³-hybridized carbons (Fsp3) is 1.00. The second-order valence-corrected chi connectivity index (χ2v) is 8.32. The van der Waals surface area contributed by atoms with Gasteiger partial charge in [0.1, 0.15) is 0 Å². The summed E-state index contributed by atoms with van der Waals surface area (Å²) in [5.74, 6) is 0.786. The summed E-state index contributed by atoms with van der Waals surface area (Å²) in [6, 6.07) is 0.115. The summed E-state index contributed by atoms with van der Waals surface area (Å²) in [5.41, 5.74) is 6.79. The second-order valence-electron chi connectivity index (χ2n) is 8.32. The zero-order chi connectivity index (χ0) is 14.8. The first-order valence-corrected chi connectivity index (χ1v) is 7.68. The molecule has 2 unspecified atom stereocenters. The first-order chi connectivity index (χ1) is 8.57. The maximum absolute atomic E-state index is 9.72. The van der Waals surface area contributed by atoms with Crippen molar-refractivity contribution in [1.82, 2.24) is 4.90 Å². The maximum atomic E-state index is 9.72. The molecule has 0 aliphatic carbocycles. The molecule has 0 aromatic rings. The van der Waals surface area contributed by atoms with Crippen LogP contribution in [0, 0.1) is 16.7 Å². The van der Waals surface area contributed by atoms with Crippen molar-refractivity contribution in [3.8, 4) is 0 Å². The van der Waals surface area contributed by atoms with Crippen LogP contribution >= 0.6 is 0 Å². The van der Waals surface area contributed by atoms with Crippen LogP contribution in [-0.4, -0.2) is 41.8 Å². The number of piperidine rings is 1. The topological polar surface area (TPSA) is 49.5 Å². The number of aliphatic hydroxyl groups excluding tert-OH is 1. The predicted molar refractivity (Wildman–Crippen MR) is 82.1 cm³/mol. The van der Waals surface area contributed by atoms with Gasteiger partial charge in [0.15, 0.2) is 0 Å². The van der Waals surface area contributed by atoms with Crippen molar-refractivity contribution in [3.05, 3.63) is 0 Å². The average Bonchev–Trinajstić information content (AvgIpc) is 2.28. The Kier molecular flexibility index (Phi) is 5.44. The van der Waals surface area contributed by atoms with Gasteiger partial charge in [-0.05, 0) is 42.7 Å². The molecule has 0 radical (unpaired) electrons. The van der Waals surface area contributed by atoms with E-state index in [2.05, 4.69) is 46.4 Å². The zero-order valence-electron chi connectivity index (χ0n) is 13.7. The third-order valence-corrected chi connectivity index (χ3v) is 4.82. The molecule has 1 aliphatic rings. The van der Waals surface area contributed by atoms with E-state index in [0.29, 0.717) is 5.41 Å². The molecule has 2 atom stereocenters. The third-order valence-electron chi connectivity index (χ3n) is 4.82. The van der Waals surface area contributed by atoms with E-state index in [4.69, 9.17) is 5.73 Å². The van der Waals surface area contributed by atoms with Gasteiger partial charge >= 0.3 is 0 Å². The molecule has 1 saturated heterocycles. The number of nitrogens with two attached hydrogens (primary N) is 1. The van der Waals surface area contributed by atoms with Crippen LogP contribution in [0.3, 0.4) is 0 Å². The SMILES string of the molecule is CC(C)(C)C1CCN(C(CO)C(N)C(C)(C)C)CC1. The lowest BCUT2D eigenvalue weighted by molar-refractivity contribution is 0.0278. The predicted octanol–water partition coefficient (Wildman–Crippen LogP) is 2.48. The van der Waals surface area contributed by atoms with Gasteiger partial charge in [-0.3, -0.25) is 4.90 Å². The largest absolute Gasteiger partial charge is 0.395 e. The molecule has 1 aliphatic heterocycles. The number of hydrogen-bond donors (Lipinski definition) is 2. The molecule has 1 fully saturated rings. The number of hydrogen-bond acceptors (Lipinski definition) is 3. The van der Waals surface area contributed by atoms with Crippen LogP contribution in [0.5, 0.6) is 0 Å². The van der Waals surface area contributed by atoms with Gasteiger partial charge in [0.25, 0.3) is 0 Å². The standard InChI is InChI=1S/C16H34N2O/c1-15(2,3)12-7-9-18(10-8-12)13(11-19)14(17)16(4,5)6/h12-14,19H,7-11,17H2,1-6H3. The first kappa shape index (κ1) is 16.9. The Morgan fingerprint density at radius 2 is 1.58 bits per heavy atom. The lowest BCUT2D eigenvalue weighted by Crippen LogP contribution is -2.57. The summed E-state index contributed by atoms with van der Waals surface area (Å²) in [7, 11) is 0. The van der Waals surface area contributed by atoms with Crippen LogP contribution in [0.2, 0.25) is 0 Å². The molecule has 0 amide bonds. The number of aliphatic hydroxyl groups is 1. The highest BCUT2D eigenvalue weighted by molar-refractivity contribution is 4.92. The zero-order valence-corrected chi connectivity index (χ0v) is 13.7. The Balaban J connectivity index is 2.62. The number of nitrogens with zero attached hydrogens (tertiary/aromatic N) is 1. The summed E-state index contributed by atoms with van der Waals surface area (Å²) in [5, 5.41) is 9.72. The van der Waals surface area contributed by atoms with Gasteiger partial charge in [0.05, 0.1) is 6.61 Å². The van der Waals surface area contributed by atoms with Gasteiger partial charge in [-0.25, -0.2) is 0 Å². The smallest absolute Gasteiger partial charge is 0.0602 e. The van der Waals surface area contributed by atoms with Gasteiger partial charge in [-0.15, -0.1) is 0 Å². The Hall–Kier alpha value is -0.120. The normalized spacial score (nSPS) is 23.4. The minimum Gasteiger partial charge on any atom is -0.395 e. The van der Waals surface area contributed by atoms with Crippen LogP contribution in [0.1, 0.15) is 54.4 Å². The van der Waals surface area contributed by atoms with Gasteiger partial charge in [0.2, 0.25) is 0 Å². The first-order valence-electron chi connectivity index (χ1n) is 7.68. The Morgan fingerprint density at radius 1 is 1.11 bits per heavy atom. The van der Waals surface area contributed by atoms with Crippen LogP contribution in [0.15, 0.2) is 0 Å². The molecule has 0 spiro atoms. The Bertz CT molecular complexity index is 269. The van der Waals surface area contributed by atoms with E-state index in [1.54, 1.807) is 0 Å². The molecule has 0 bridgehead atoms. The lowest BCUT2D eigenvalue weighted by atomic mass is 9.74. The highest BCUT2D eigenvalue weighted by Gasteiger charge is 2.36. The minimum atomic E-state index is 0.0173. The van der Waals surface area contributed by atoms with Gasteiger partial charge < -0.3 is 10.8 Å². The van der Waals surface area contributed by atoms with Crippen molar-refractivity contribution in [2.75, 3.05) is 19.7 Å². The van der Waals surface area contributed by atoms with E-state index < -0.39 is 0 Å². The van der Waals surface area contributed by atoms with E-state index in [1.165, 1.54) is 12.8 Å². The Labute approximate surface area is 119 Å². The minimum absolute atomic E-state index is 0.0173. The van der Waals surface area contributed by atoms with E-state index in [9.17, 15) is 5.11 Å². The van der Waals surface area contributed by atoms with Gasteiger partial charge in [0, 0.05) is 12.1 Å². The molecule has 114 valence electrons. The fourth-order valence-electron chi connectivity index (χ4n) is 3.13. The second kappa shape index (κ2) is 6.11. The maximum Gasteiger partial charge on any atom is 0.0602 e. The van der Waals surface area contributed by atoms with Crippen molar-refractivity contribution in [3.63, 3.8) is 0 Å². The van der Waals surface area contributed by atoms with Gasteiger partial charge in [-0.2, -0.15) is 0 Å². The summed E-state index contributed by atoms with van der Waals surface area (Å²) in [4.78, 5) is 2.40. The molecule has 3 nitrogen and oxygen atoms in total. The quantitative estimate of drug-likeness (QED) is 0.828. The molecule has 3 N–H and O–H groups in total. The van der Waals surface area contributed by atoms with E-state index >= 15 is 0 Å². The molecule has 3 heteroatoms. The monoisotopic (exact) mass is 270 g/mol. The van der Waals surface area contributed by atoms with Crippen molar-refractivity contribution in [1.29, 1.82) is 0 Å². The van der Waals surface area contributed by atoms with Crippen LogP contribution in [0.4, 0.5) is 0 Å². The average molecular weight is 270 g/mol. The lowest BCUT2D eigenvalue weighted by Gasteiger charge is -2.45. The molecule has 1 rings (SSSR count). The molecule has 0 saturated carbocycles. The highest BCUT2D eigenvalue weighted by Crippen LogP contribution is 2.35. The van der Waals surface area contributed by atoms with Crippen molar-refractivity contribution < 1.29 is 5.11 Å². The molecular weight excluding hydrogens is 236 g/mol. The summed E-state index contributed by atoms with van der Waals surface area (Å²) >= 11 is 0. The van der Waals surface area contributed by atoms with Crippen LogP contribution < -0.4 is 5.73 Å².